The summed E-state index contributed by atoms with van der Waals surface area (Å²) >= 11 is 0. The van der Waals surface area contributed by atoms with E-state index >= 15 is 0 Å². The molecular formula is C19H24N2O4. The number of ether oxygens (including phenoxy) is 1. The molecule has 3 rings (SSSR count). The Morgan fingerprint density at radius 2 is 2.04 bits per heavy atom. The average molecular weight is 344 g/mol. The highest BCUT2D eigenvalue weighted by atomic mass is 16.5. The van der Waals surface area contributed by atoms with Crippen LogP contribution < -0.4 is 5.32 Å². The van der Waals surface area contributed by atoms with Crippen molar-refractivity contribution in [2.45, 2.75) is 32.2 Å². The quantitative estimate of drug-likeness (QED) is 0.750. The number of carboxylic acids is 1. The van der Waals surface area contributed by atoms with E-state index in [-0.39, 0.29) is 24.2 Å². The van der Waals surface area contributed by atoms with Crippen molar-refractivity contribution in [1.29, 1.82) is 0 Å². The number of aliphatic carboxylic acids is 1. The largest absolute Gasteiger partial charge is 0.480 e. The minimum atomic E-state index is -1.02. The van der Waals surface area contributed by atoms with E-state index in [1.165, 1.54) is 0 Å². The second-order valence-electron chi connectivity index (χ2n) is 6.70. The maximum absolute atomic E-state index is 12.5. The lowest BCUT2D eigenvalue weighted by Gasteiger charge is -2.28. The fourth-order valence-corrected chi connectivity index (χ4v) is 3.45. The number of aromatic amines is 1. The van der Waals surface area contributed by atoms with Gasteiger partial charge in [-0.25, -0.2) is 4.79 Å². The Bertz CT molecular complexity index is 749. The Hall–Kier alpha value is -2.34. The van der Waals surface area contributed by atoms with E-state index < -0.39 is 12.0 Å². The Morgan fingerprint density at radius 3 is 2.76 bits per heavy atom. The van der Waals surface area contributed by atoms with Gasteiger partial charge in [0.2, 0.25) is 5.91 Å². The maximum Gasteiger partial charge on any atom is 0.326 e. The molecule has 2 heterocycles. The van der Waals surface area contributed by atoms with Crippen LogP contribution in [0.15, 0.2) is 30.5 Å². The van der Waals surface area contributed by atoms with Crippen LogP contribution in [0.2, 0.25) is 0 Å². The lowest BCUT2D eigenvalue weighted by molar-refractivity contribution is -0.142. The molecule has 2 unspecified atom stereocenters. The summed E-state index contributed by atoms with van der Waals surface area (Å²) in [5.74, 6) is -1.18. The summed E-state index contributed by atoms with van der Waals surface area (Å²) in [5.41, 5.74) is 1.85. The number of hydrogen-bond acceptors (Lipinski definition) is 3. The topological polar surface area (TPSA) is 91.4 Å². The molecule has 1 saturated heterocycles. The number of hydrogen-bond donors (Lipinski definition) is 3. The molecule has 1 amide bonds. The summed E-state index contributed by atoms with van der Waals surface area (Å²) in [6, 6.07) is 6.80. The monoisotopic (exact) mass is 344 g/mol. The molecule has 1 aliphatic heterocycles. The lowest BCUT2D eigenvalue weighted by atomic mass is 9.86. The van der Waals surface area contributed by atoms with E-state index in [1.54, 1.807) is 0 Å². The van der Waals surface area contributed by atoms with Crippen molar-refractivity contribution in [3.8, 4) is 0 Å². The van der Waals surface area contributed by atoms with E-state index in [0.29, 0.717) is 13.2 Å². The molecule has 6 nitrogen and oxygen atoms in total. The van der Waals surface area contributed by atoms with Crippen LogP contribution in [0, 0.1) is 11.8 Å². The van der Waals surface area contributed by atoms with Crippen molar-refractivity contribution < 1.29 is 19.4 Å². The lowest BCUT2D eigenvalue weighted by Crippen LogP contribution is -2.46. The van der Waals surface area contributed by atoms with Gasteiger partial charge in [0.05, 0.1) is 0 Å². The summed E-state index contributed by atoms with van der Waals surface area (Å²) < 4.78 is 5.33. The van der Waals surface area contributed by atoms with Crippen LogP contribution in [0.25, 0.3) is 10.9 Å². The first-order valence-corrected chi connectivity index (χ1v) is 8.72. The molecule has 1 aromatic carbocycles. The fourth-order valence-electron chi connectivity index (χ4n) is 3.45. The van der Waals surface area contributed by atoms with Crippen LogP contribution in [-0.2, 0) is 20.7 Å². The number of carbonyl (C=O) groups is 2. The van der Waals surface area contributed by atoms with Crippen molar-refractivity contribution in [2.75, 3.05) is 13.2 Å². The summed E-state index contributed by atoms with van der Waals surface area (Å²) in [7, 11) is 0. The molecule has 2 aromatic rings. The number of benzene rings is 1. The van der Waals surface area contributed by atoms with E-state index in [0.717, 1.165) is 29.3 Å². The Labute approximate surface area is 146 Å². The second-order valence-corrected chi connectivity index (χ2v) is 6.70. The first-order valence-electron chi connectivity index (χ1n) is 8.72. The highest BCUT2D eigenvalue weighted by Gasteiger charge is 2.29. The van der Waals surface area contributed by atoms with Crippen LogP contribution in [0.1, 0.15) is 25.3 Å². The van der Waals surface area contributed by atoms with Gasteiger partial charge in [0, 0.05) is 42.7 Å². The molecular weight excluding hydrogens is 320 g/mol. The summed E-state index contributed by atoms with van der Waals surface area (Å²) in [5, 5.41) is 13.3. The third-order valence-electron chi connectivity index (χ3n) is 5.10. The predicted molar refractivity (Wildman–Crippen MR) is 94.3 cm³/mol. The molecule has 1 aromatic heterocycles. The minimum absolute atomic E-state index is 0.195. The molecule has 0 saturated carbocycles. The highest BCUT2D eigenvalue weighted by Crippen LogP contribution is 2.24. The number of carbonyl (C=O) groups excluding carboxylic acids is 1. The van der Waals surface area contributed by atoms with Gasteiger partial charge in [-0.1, -0.05) is 25.1 Å². The Balaban J connectivity index is 1.68. The molecule has 0 radical (unpaired) electrons. The van der Waals surface area contributed by atoms with Crippen molar-refractivity contribution >= 4 is 22.8 Å². The van der Waals surface area contributed by atoms with Crippen LogP contribution in [-0.4, -0.2) is 41.2 Å². The van der Waals surface area contributed by atoms with Gasteiger partial charge < -0.3 is 20.1 Å². The van der Waals surface area contributed by atoms with Crippen LogP contribution in [0.5, 0.6) is 0 Å². The van der Waals surface area contributed by atoms with Gasteiger partial charge in [0.1, 0.15) is 6.04 Å². The van der Waals surface area contributed by atoms with Gasteiger partial charge in [-0.05, 0) is 30.4 Å². The van der Waals surface area contributed by atoms with Gasteiger partial charge in [-0.3, -0.25) is 4.79 Å². The number of para-hydroxylation sites is 1. The summed E-state index contributed by atoms with van der Waals surface area (Å²) in [6.45, 7) is 3.20. The molecule has 6 heteroatoms. The zero-order valence-corrected chi connectivity index (χ0v) is 14.3. The number of amides is 1. The van der Waals surface area contributed by atoms with E-state index in [9.17, 15) is 14.7 Å². The van der Waals surface area contributed by atoms with E-state index in [2.05, 4.69) is 10.3 Å². The zero-order chi connectivity index (χ0) is 17.8. The summed E-state index contributed by atoms with van der Waals surface area (Å²) in [6.07, 6.45) is 3.75. The normalized spacial score (nSPS) is 18.0. The van der Waals surface area contributed by atoms with Crippen molar-refractivity contribution in [1.82, 2.24) is 10.3 Å². The van der Waals surface area contributed by atoms with Crippen molar-refractivity contribution in [3.63, 3.8) is 0 Å². The van der Waals surface area contributed by atoms with Gasteiger partial charge in [-0.2, -0.15) is 0 Å². The summed E-state index contributed by atoms with van der Waals surface area (Å²) in [4.78, 5) is 27.3. The highest BCUT2D eigenvalue weighted by molar-refractivity contribution is 5.87. The molecule has 134 valence electrons. The molecule has 2 atom stereocenters. The molecule has 3 N–H and O–H groups in total. The van der Waals surface area contributed by atoms with Crippen molar-refractivity contribution in [2.24, 2.45) is 11.8 Å². The second kappa shape index (κ2) is 7.70. The molecule has 1 fully saturated rings. The Morgan fingerprint density at radius 1 is 1.32 bits per heavy atom. The van der Waals surface area contributed by atoms with Gasteiger partial charge in [-0.15, -0.1) is 0 Å². The smallest absolute Gasteiger partial charge is 0.326 e. The zero-order valence-electron chi connectivity index (χ0n) is 14.3. The number of carboxylic acid groups (broad SMARTS) is 1. The van der Waals surface area contributed by atoms with E-state index in [1.807, 2.05) is 37.4 Å². The first kappa shape index (κ1) is 17.5. The number of fused-ring (bicyclic) bond motifs is 1. The van der Waals surface area contributed by atoms with Crippen molar-refractivity contribution in [3.05, 3.63) is 36.0 Å². The SMILES string of the molecule is CC(C(=O)NC(Cc1c[nH]c2ccccc12)C(=O)O)C1CCOCC1. The molecule has 1 aliphatic rings. The fraction of sp³-hybridized carbons (Fsp3) is 0.474. The number of H-pyrrole nitrogens is 1. The van der Waals surface area contributed by atoms with Crippen LogP contribution in [0.4, 0.5) is 0 Å². The predicted octanol–water partition coefficient (Wildman–Crippen LogP) is 2.34. The number of aromatic nitrogens is 1. The Kier molecular flexibility index (Phi) is 5.38. The maximum atomic E-state index is 12.5. The van der Waals surface area contributed by atoms with Crippen LogP contribution >= 0.6 is 0 Å². The van der Waals surface area contributed by atoms with E-state index in [4.69, 9.17) is 4.74 Å². The van der Waals surface area contributed by atoms with Crippen LogP contribution in [0.3, 0.4) is 0 Å². The van der Waals surface area contributed by atoms with Gasteiger partial charge in [0.15, 0.2) is 0 Å². The van der Waals surface area contributed by atoms with Gasteiger partial charge in [0.25, 0.3) is 0 Å². The number of rotatable bonds is 6. The first-order chi connectivity index (χ1) is 12.1. The third kappa shape index (κ3) is 4.02. The minimum Gasteiger partial charge on any atom is -0.480 e. The molecule has 0 bridgehead atoms. The molecule has 0 spiro atoms. The molecule has 25 heavy (non-hydrogen) atoms. The average Bonchev–Trinajstić information content (AvgIpc) is 3.04. The third-order valence-corrected chi connectivity index (χ3v) is 5.10. The standard InChI is InChI=1S/C19H24N2O4/c1-12(13-6-8-25-9-7-13)18(22)21-17(19(23)24)10-14-11-20-16-5-3-2-4-15(14)16/h2-5,11-13,17,20H,6-10H2,1H3,(H,21,22)(H,23,24). The van der Waals surface area contributed by atoms with Gasteiger partial charge >= 0.3 is 5.97 Å². The number of nitrogens with one attached hydrogen (secondary N) is 2. The molecule has 0 aliphatic carbocycles.